The van der Waals surface area contributed by atoms with Crippen LogP contribution in [0.2, 0.25) is 0 Å². The number of benzene rings is 2. The topological polar surface area (TPSA) is 25.1 Å². The van der Waals surface area contributed by atoms with Gasteiger partial charge in [0.05, 0.1) is 25.9 Å². The van der Waals surface area contributed by atoms with Gasteiger partial charge in [-0.25, -0.2) is 0 Å². The lowest BCUT2D eigenvalue weighted by Gasteiger charge is -2.46. The van der Waals surface area contributed by atoms with E-state index in [1.807, 2.05) is 0 Å². The van der Waals surface area contributed by atoms with E-state index in [9.17, 15) is 0 Å². The minimum atomic E-state index is 0.295. The van der Waals surface area contributed by atoms with Crippen LogP contribution in [-0.2, 0) is 22.3 Å². The zero-order valence-corrected chi connectivity index (χ0v) is 38.7. The second-order valence-electron chi connectivity index (χ2n) is 18.3. The molecule has 3 fully saturated rings. The molecule has 0 spiro atoms. The fraction of sp³-hybridized carbons (Fsp3) is 0.769. The summed E-state index contributed by atoms with van der Waals surface area (Å²) in [7, 11) is 0. The minimum absolute atomic E-state index is 0.295. The maximum atomic E-state index is 5.17. The summed E-state index contributed by atoms with van der Waals surface area (Å²) in [5.74, 6) is 2.30. The molecule has 1 saturated carbocycles. The molecule has 2 aromatic rings. The third-order valence-electron chi connectivity index (χ3n) is 13.5. The van der Waals surface area contributed by atoms with Crippen LogP contribution in [0.15, 0.2) is 48.5 Å². The highest BCUT2D eigenvalue weighted by Gasteiger charge is 2.65. The molecular weight excluding hydrogens is 657 g/mol. The van der Waals surface area contributed by atoms with Crippen LogP contribution in [0, 0.1) is 47.8 Å². The molecule has 0 aromatic heterocycles. The average Bonchev–Trinajstić information content (AvgIpc) is 4.08. The Morgan fingerprint density at radius 1 is 0.630 bits per heavy atom. The van der Waals surface area contributed by atoms with Gasteiger partial charge in [0.2, 0.25) is 0 Å². The van der Waals surface area contributed by atoms with Crippen molar-refractivity contribution in [3.63, 3.8) is 0 Å². The molecule has 0 N–H and O–H groups in total. The van der Waals surface area contributed by atoms with Gasteiger partial charge in [0, 0.05) is 0 Å². The molecule has 2 saturated heterocycles. The molecule has 5 unspecified atom stereocenters. The lowest BCUT2D eigenvalue weighted by atomic mass is 9.58. The van der Waals surface area contributed by atoms with Crippen molar-refractivity contribution in [3.05, 3.63) is 70.8 Å². The zero-order valence-electron chi connectivity index (χ0n) is 38.7. The highest BCUT2D eigenvalue weighted by Crippen LogP contribution is 2.70. The van der Waals surface area contributed by atoms with Crippen molar-refractivity contribution < 1.29 is 9.47 Å². The van der Waals surface area contributed by atoms with Crippen LogP contribution in [-0.4, -0.2) is 25.9 Å². The Bertz CT molecular complexity index is 1130. The van der Waals surface area contributed by atoms with Crippen LogP contribution < -0.4 is 0 Å². The minimum Gasteiger partial charge on any atom is -0.377 e. The number of rotatable bonds is 17. The van der Waals surface area contributed by atoms with Gasteiger partial charge in [-0.3, -0.25) is 0 Å². The van der Waals surface area contributed by atoms with Gasteiger partial charge in [-0.2, -0.15) is 0 Å². The van der Waals surface area contributed by atoms with Crippen LogP contribution in [0.3, 0.4) is 0 Å². The van der Waals surface area contributed by atoms with Gasteiger partial charge in [0.25, 0.3) is 0 Å². The lowest BCUT2D eigenvalue weighted by Crippen LogP contribution is -2.40. The lowest BCUT2D eigenvalue weighted by molar-refractivity contribution is 0.0303. The van der Waals surface area contributed by atoms with Crippen LogP contribution in [0.1, 0.15) is 195 Å². The van der Waals surface area contributed by atoms with Crippen molar-refractivity contribution in [2.75, 3.05) is 19.8 Å². The molecule has 312 valence electrons. The smallest absolute Gasteiger partial charge is 0.0810 e. The maximum absolute atomic E-state index is 5.17. The molecule has 0 amide bonds. The summed E-state index contributed by atoms with van der Waals surface area (Å²) in [4.78, 5) is 0. The Balaban J connectivity index is 0.000000475. The fourth-order valence-electron chi connectivity index (χ4n) is 9.14. The molecule has 2 heteroatoms. The van der Waals surface area contributed by atoms with E-state index < -0.39 is 0 Å². The maximum Gasteiger partial charge on any atom is 0.0810 e. The number of aryl methyl sites for hydroxylation is 2. The number of unbranched alkanes of at least 4 members (excludes halogenated alkanes) is 7. The van der Waals surface area contributed by atoms with Gasteiger partial charge in [-0.1, -0.05) is 213 Å². The Hall–Kier alpha value is -1.64. The van der Waals surface area contributed by atoms with Crippen molar-refractivity contribution in [2.24, 2.45) is 34.0 Å². The van der Waals surface area contributed by atoms with E-state index >= 15 is 0 Å². The summed E-state index contributed by atoms with van der Waals surface area (Å²) >= 11 is 0. The number of hydrogen-bond acceptors (Lipinski definition) is 2. The quantitative estimate of drug-likeness (QED) is 0.119. The van der Waals surface area contributed by atoms with Crippen molar-refractivity contribution in [1.82, 2.24) is 0 Å². The van der Waals surface area contributed by atoms with E-state index in [4.69, 9.17) is 4.74 Å². The summed E-state index contributed by atoms with van der Waals surface area (Å²) in [6.45, 7) is 36.0. The predicted molar refractivity (Wildman–Crippen MR) is 241 cm³/mol. The fourth-order valence-corrected chi connectivity index (χ4v) is 9.14. The number of epoxide rings is 2. The molecule has 2 aromatic carbocycles. The molecular formula is C52H92O2. The van der Waals surface area contributed by atoms with Crippen LogP contribution in [0.5, 0.6) is 0 Å². The predicted octanol–water partition coefficient (Wildman–Crippen LogP) is 16.0. The van der Waals surface area contributed by atoms with Crippen molar-refractivity contribution in [3.8, 4) is 0 Å². The average molecular weight is 749 g/mol. The molecule has 5 atom stereocenters. The number of hydrogen-bond donors (Lipinski definition) is 0. The van der Waals surface area contributed by atoms with Crippen molar-refractivity contribution >= 4 is 0 Å². The molecule has 2 heterocycles. The van der Waals surface area contributed by atoms with Gasteiger partial charge in [-0.15, -0.1) is 0 Å². The molecule has 2 aliphatic heterocycles. The van der Waals surface area contributed by atoms with Gasteiger partial charge in [-0.05, 0) is 91.1 Å². The third-order valence-corrected chi connectivity index (χ3v) is 13.5. The van der Waals surface area contributed by atoms with Crippen LogP contribution in [0.4, 0.5) is 0 Å². The summed E-state index contributed by atoms with van der Waals surface area (Å²) in [5.41, 5.74) is 6.75. The number of ether oxygens (including phenoxy) is 2. The highest BCUT2D eigenvalue weighted by molar-refractivity contribution is 5.28. The van der Waals surface area contributed by atoms with E-state index in [0.29, 0.717) is 34.2 Å². The highest BCUT2D eigenvalue weighted by atomic mass is 16.6. The first-order valence-corrected chi connectivity index (χ1v) is 23.0. The first-order valence-electron chi connectivity index (χ1n) is 23.0. The molecule has 0 radical (unpaired) electrons. The van der Waals surface area contributed by atoms with Gasteiger partial charge >= 0.3 is 0 Å². The first-order chi connectivity index (χ1) is 25.7. The van der Waals surface area contributed by atoms with E-state index in [-0.39, 0.29) is 0 Å². The summed E-state index contributed by atoms with van der Waals surface area (Å²) in [6, 6.07) is 18.4. The van der Waals surface area contributed by atoms with Gasteiger partial charge < -0.3 is 9.47 Å². The van der Waals surface area contributed by atoms with E-state index in [1.54, 1.807) is 0 Å². The standard InChI is InChI=1S/C29H42.C12H24O.C6H14.C3H8.C2H4O/c1-9-28(7)25(19-23-15-11-13-21(3)17-23)27(5,6)26(29(28,8)10-2)20-24-16-12-14-22(4)18-24;1-2-3-4-5-6-7-8-9-10-12-11-13-12;1-4-6(3)5-2;1-3-2;1-2-3-1/h11-18,25-26H,9-10,19-20H2,1-8H3;12H,2-11H2,1H3;6H,4-5H2,1-3H3;3H2,1-2H3;1-2H2. The second-order valence-corrected chi connectivity index (χ2v) is 18.3. The van der Waals surface area contributed by atoms with E-state index in [2.05, 4.69) is 150 Å². The van der Waals surface area contributed by atoms with Gasteiger partial charge in [0.15, 0.2) is 0 Å². The summed E-state index contributed by atoms with van der Waals surface area (Å²) < 4.78 is 9.67. The molecule has 54 heavy (non-hydrogen) atoms. The molecule has 5 rings (SSSR count). The SMILES string of the molecule is C1CO1.CCC.CCC(C)CC.CCC1(C)C(Cc2cccc(C)c2)C(C)(C)C(Cc2cccc(C)c2)C1(C)CC.CCCCCCCCCCC1CO1. The van der Waals surface area contributed by atoms with Crippen molar-refractivity contribution in [1.29, 1.82) is 0 Å². The first kappa shape index (κ1) is 50.4. The third kappa shape index (κ3) is 17.7. The Morgan fingerprint density at radius 3 is 1.31 bits per heavy atom. The molecule has 0 bridgehead atoms. The largest absolute Gasteiger partial charge is 0.377 e. The van der Waals surface area contributed by atoms with Gasteiger partial charge in [0.1, 0.15) is 0 Å². The Kier molecular flexibility index (Phi) is 25.3. The Morgan fingerprint density at radius 2 is 1.02 bits per heavy atom. The summed E-state index contributed by atoms with van der Waals surface area (Å²) in [5, 5.41) is 0. The zero-order chi connectivity index (χ0) is 40.6. The van der Waals surface area contributed by atoms with Crippen molar-refractivity contribution in [2.45, 2.75) is 206 Å². The van der Waals surface area contributed by atoms with Crippen LogP contribution >= 0.6 is 0 Å². The monoisotopic (exact) mass is 749 g/mol. The van der Waals surface area contributed by atoms with E-state index in [1.165, 1.54) is 125 Å². The normalized spacial score (nSPS) is 24.5. The summed E-state index contributed by atoms with van der Waals surface area (Å²) in [6.07, 6.45) is 22.2. The second kappa shape index (κ2) is 27.1. The van der Waals surface area contributed by atoms with E-state index in [0.717, 1.165) is 25.7 Å². The molecule has 3 aliphatic rings. The van der Waals surface area contributed by atoms with Crippen LogP contribution in [0.25, 0.3) is 0 Å². The molecule has 1 aliphatic carbocycles. The Labute approximate surface area is 338 Å². The molecule has 2 nitrogen and oxygen atoms in total.